The second-order valence-electron chi connectivity index (χ2n) is 10.2. The number of aryl methyl sites for hydroxylation is 1. The summed E-state index contributed by atoms with van der Waals surface area (Å²) < 4.78 is 62.7. The molecule has 2 aliphatic rings. The van der Waals surface area contributed by atoms with Gasteiger partial charge in [-0.1, -0.05) is 11.2 Å². The molecule has 0 N–H and O–H groups in total. The Morgan fingerprint density at radius 1 is 1.22 bits per heavy atom. The third kappa shape index (κ3) is 7.75. The Hall–Kier alpha value is -2.49. The minimum atomic E-state index is -4.40. The standard InChI is InChI=1S/C26H33F4N3O3/c1-18-14-22(36-32-18)16-21(34)15-19-4-8-25(27,9-5-19)10-13-33-11-6-20-2-3-24(31-23(20)7-12-33)35-17-26(28,29)30/h2-3,14,19H,4-13,15-17H2,1H3. The highest BCUT2D eigenvalue weighted by molar-refractivity contribution is 5.80. The molecule has 4 rings (SSSR count). The molecule has 1 aliphatic carbocycles. The van der Waals surface area contributed by atoms with Crippen LogP contribution in [0, 0.1) is 12.8 Å². The van der Waals surface area contributed by atoms with E-state index in [0.717, 1.165) is 29.9 Å². The number of hydrogen-bond donors (Lipinski definition) is 0. The number of carbonyl (C=O) groups excluding carboxylic acids is 1. The molecule has 0 amide bonds. The van der Waals surface area contributed by atoms with E-state index in [1.165, 1.54) is 6.07 Å². The normalized spacial score (nSPS) is 23.2. The molecule has 0 atom stereocenters. The van der Waals surface area contributed by atoms with Crippen LogP contribution >= 0.6 is 0 Å². The zero-order valence-corrected chi connectivity index (χ0v) is 20.6. The Bertz CT molecular complexity index is 1030. The van der Waals surface area contributed by atoms with Crippen molar-refractivity contribution in [2.24, 2.45) is 5.92 Å². The van der Waals surface area contributed by atoms with Crippen LogP contribution in [0.2, 0.25) is 0 Å². The molecule has 1 aliphatic heterocycles. The monoisotopic (exact) mass is 511 g/mol. The summed E-state index contributed by atoms with van der Waals surface area (Å²) in [6.07, 6.45) is 0.351. The number of ketones is 1. The van der Waals surface area contributed by atoms with E-state index in [1.807, 2.05) is 6.92 Å². The lowest BCUT2D eigenvalue weighted by Crippen LogP contribution is -2.36. The van der Waals surface area contributed by atoms with Gasteiger partial charge < -0.3 is 14.2 Å². The highest BCUT2D eigenvalue weighted by Gasteiger charge is 2.36. The van der Waals surface area contributed by atoms with Gasteiger partial charge in [-0.25, -0.2) is 9.37 Å². The van der Waals surface area contributed by atoms with Crippen molar-refractivity contribution in [2.45, 2.75) is 76.6 Å². The quantitative estimate of drug-likeness (QED) is 0.431. The van der Waals surface area contributed by atoms with Crippen LogP contribution in [0.15, 0.2) is 22.7 Å². The maximum absolute atomic E-state index is 15.5. The smallest absolute Gasteiger partial charge is 0.422 e. The van der Waals surface area contributed by atoms with Crippen LogP contribution in [0.25, 0.3) is 0 Å². The fourth-order valence-corrected chi connectivity index (χ4v) is 5.16. The van der Waals surface area contributed by atoms with E-state index in [1.54, 1.807) is 12.1 Å². The number of Topliss-reactive ketones (excluding diaryl/α,β-unsaturated/α-hetero) is 1. The number of rotatable bonds is 9. The number of alkyl halides is 4. The summed E-state index contributed by atoms with van der Waals surface area (Å²) in [6, 6.07) is 5.02. The van der Waals surface area contributed by atoms with E-state index in [9.17, 15) is 18.0 Å². The largest absolute Gasteiger partial charge is 0.468 e. The first-order chi connectivity index (χ1) is 17.1. The van der Waals surface area contributed by atoms with Crippen LogP contribution in [0.4, 0.5) is 17.6 Å². The average molecular weight is 512 g/mol. The topological polar surface area (TPSA) is 68.5 Å². The Balaban J connectivity index is 1.19. The van der Waals surface area contributed by atoms with Gasteiger partial charge in [0.05, 0.1) is 12.1 Å². The number of pyridine rings is 1. The first kappa shape index (κ1) is 26.6. The maximum atomic E-state index is 15.5. The lowest BCUT2D eigenvalue weighted by Gasteiger charge is -2.35. The Kier molecular flexibility index (Phi) is 8.32. The van der Waals surface area contributed by atoms with Crippen molar-refractivity contribution in [1.29, 1.82) is 0 Å². The molecule has 2 aromatic rings. The lowest BCUT2D eigenvalue weighted by atomic mass is 9.76. The highest BCUT2D eigenvalue weighted by atomic mass is 19.4. The van der Waals surface area contributed by atoms with E-state index in [2.05, 4.69) is 15.0 Å². The molecule has 2 aromatic heterocycles. The van der Waals surface area contributed by atoms with Gasteiger partial charge in [0.1, 0.15) is 17.2 Å². The molecule has 1 fully saturated rings. The Morgan fingerprint density at radius 3 is 2.67 bits per heavy atom. The van der Waals surface area contributed by atoms with Crippen LogP contribution in [-0.2, 0) is 24.1 Å². The predicted molar refractivity (Wildman–Crippen MR) is 125 cm³/mol. The van der Waals surface area contributed by atoms with Gasteiger partial charge in [-0.2, -0.15) is 13.2 Å². The van der Waals surface area contributed by atoms with Crippen molar-refractivity contribution < 1.29 is 31.6 Å². The van der Waals surface area contributed by atoms with Crippen LogP contribution < -0.4 is 4.74 Å². The number of aromatic nitrogens is 2. The maximum Gasteiger partial charge on any atom is 0.422 e. The fourth-order valence-electron chi connectivity index (χ4n) is 5.16. The van der Waals surface area contributed by atoms with Gasteiger partial charge in [0.25, 0.3) is 0 Å². The van der Waals surface area contributed by atoms with Crippen molar-refractivity contribution in [2.75, 3.05) is 26.2 Å². The Labute approximate surface area is 208 Å². The Morgan fingerprint density at radius 2 is 1.97 bits per heavy atom. The van der Waals surface area contributed by atoms with Crippen LogP contribution in [0.5, 0.6) is 5.88 Å². The minimum Gasteiger partial charge on any atom is -0.468 e. The van der Waals surface area contributed by atoms with Crippen molar-refractivity contribution in [1.82, 2.24) is 15.0 Å². The van der Waals surface area contributed by atoms with Gasteiger partial charge in [0.2, 0.25) is 5.88 Å². The molecule has 10 heteroatoms. The molecule has 198 valence electrons. The van der Waals surface area contributed by atoms with E-state index in [0.29, 0.717) is 63.8 Å². The number of hydrogen-bond acceptors (Lipinski definition) is 6. The van der Waals surface area contributed by atoms with Gasteiger partial charge in [-0.3, -0.25) is 4.79 Å². The summed E-state index contributed by atoms with van der Waals surface area (Å²) >= 11 is 0. The molecule has 36 heavy (non-hydrogen) atoms. The van der Waals surface area contributed by atoms with Gasteiger partial charge in [-0.05, 0) is 56.9 Å². The van der Waals surface area contributed by atoms with E-state index in [-0.39, 0.29) is 24.0 Å². The van der Waals surface area contributed by atoms with Crippen molar-refractivity contribution in [3.63, 3.8) is 0 Å². The predicted octanol–water partition coefficient (Wildman–Crippen LogP) is 5.21. The van der Waals surface area contributed by atoms with Gasteiger partial charge >= 0.3 is 6.18 Å². The summed E-state index contributed by atoms with van der Waals surface area (Å²) in [5.41, 5.74) is 1.27. The van der Waals surface area contributed by atoms with Crippen molar-refractivity contribution in [3.8, 4) is 5.88 Å². The number of fused-ring (bicyclic) bond motifs is 1. The summed E-state index contributed by atoms with van der Waals surface area (Å²) in [7, 11) is 0. The van der Waals surface area contributed by atoms with Crippen molar-refractivity contribution in [3.05, 3.63) is 40.9 Å². The van der Waals surface area contributed by atoms with Crippen molar-refractivity contribution >= 4 is 5.78 Å². The third-order valence-corrected chi connectivity index (χ3v) is 7.23. The molecule has 6 nitrogen and oxygen atoms in total. The lowest BCUT2D eigenvalue weighted by molar-refractivity contribution is -0.154. The SMILES string of the molecule is Cc1cc(CC(=O)CC2CCC(F)(CCN3CCc4ccc(OCC(F)(F)F)nc4CC3)CC2)on1. The molecule has 3 heterocycles. The second-order valence-corrected chi connectivity index (χ2v) is 10.2. The van der Waals surface area contributed by atoms with Crippen LogP contribution in [-0.4, -0.2) is 58.9 Å². The molecule has 1 saturated carbocycles. The van der Waals surface area contributed by atoms with E-state index >= 15 is 4.39 Å². The van der Waals surface area contributed by atoms with Gasteiger partial charge in [-0.15, -0.1) is 0 Å². The minimum absolute atomic E-state index is 0.0200. The molecule has 0 unspecified atom stereocenters. The number of ether oxygens (including phenoxy) is 1. The van der Waals surface area contributed by atoms with E-state index < -0.39 is 18.5 Å². The fraction of sp³-hybridized carbons (Fsp3) is 0.654. The zero-order chi connectivity index (χ0) is 25.8. The molecule has 0 radical (unpaired) electrons. The summed E-state index contributed by atoms with van der Waals surface area (Å²) in [6.45, 7) is 2.51. The number of nitrogens with zero attached hydrogens (tertiary/aromatic N) is 3. The van der Waals surface area contributed by atoms with Gasteiger partial charge in [0, 0.05) is 50.3 Å². The summed E-state index contributed by atoms with van der Waals surface area (Å²) in [5, 5.41) is 3.80. The summed E-state index contributed by atoms with van der Waals surface area (Å²) in [4.78, 5) is 18.8. The first-order valence-corrected chi connectivity index (χ1v) is 12.6. The molecule has 0 bridgehead atoms. The highest BCUT2D eigenvalue weighted by Crippen LogP contribution is 2.39. The molecule has 0 aromatic carbocycles. The molecule has 0 saturated heterocycles. The molecule has 0 spiro atoms. The van der Waals surface area contributed by atoms with E-state index in [4.69, 9.17) is 9.26 Å². The average Bonchev–Trinajstić information content (AvgIpc) is 3.11. The van der Waals surface area contributed by atoms with Crippen LogP contribution in [0.3, 0.4) is 0 Å². The summed E-state index contributed by atoms with van der Waals surface area (Å²) in [5.74, 6) is 0.867. The number of carbonyl (C=O) groups is 1. The third-order valence-electron chi connectivity index (χ3n) is 7.23. The molecular formula is C26H33F4N3O3. The number of halogens is 4. The van der Waals surface area contributed by atoms with Gasteiger partial charge in [0.15, 0.2) is 6.61 Å². The zero-order valence-electron chi connectivity index (χ0n) is 20.6. The first-order valence-electron chi connectivity index (χ1n) is 12.6. The van der Waals surface area contributed by atoms with Crippen LogP contribution in [0.1, 0.15) is 61.2 Å². The molecular weight excluding hydrogens is 478 g/mol. The second kappa shape index (κ2) is 11.3.